The third kappa shape index (κ3) is 1.14. The fourth-order valence-corrected chi connectivity index (χ4v) is 1.37. The van der Waals surface area contributed by atoms with E-state index >= 15 is 0 Å². The van der Waals surface area contributed by atoms with Crippen molar-refractivity contribution in [3.05, 3.63) is 29.7 Å². The van der Waals surface area contributed by atoms with Gasteiger partial charge >= 0.3 is 5.97 Å². The highest BCUT2D eigenvalue weighted by Crippen LogP contribution is 2.20. The SMILES string of the molecule is Cn1cc2c(C(=O)O)ccc(F)c2n1. The number of aromatic nitrogens is 2. The summed E-state index contributed by atoms with van der Waals surface area (Å²) < 4.78 is 14.6. The van der Waals surface area contributed by atoms with Crippen LogP contribution in [0.3, 0.4) is 0 Å². The monoisotopic (exact) mass is 194 g/mol. The van der Waals surface area contributed by atoms with E-state index < -0.39 is 11.8 Å². The minimum atomic E-state index is -1.08. The molecular weight excluding hydrogens is 187 g/mol. The molecule has 0 radical (unpaired) electrons. The van der Waals surface area contributed by atoms with E-state index in [1.165, 1.54) is 16.9 Å². The molecular formula is C9H7FN2O2. The highest BCUT2D eigenvalue weighted by atomic mass is 19.1. The van der Waals surface area contributed by atoms with Crippen molar-refractivity contribution in [2.75, 3.05) is 0 Å². The van der Waals surface area contributed by atoms with Crippen LogP contribution in [-0.2, 0) is 7.05 Å². The van der Waals surface area contributed by atoms with Crippen LogP contribution in [-0.4, -0.2) is 20.9 Å². The quantitative estimate of drug-likeness (QED) is 0.746. The molecule has 0 spiro atoms. The Bertz CT molecular complexity index is 519. The molecule has 1 N–H and O–H groups in total. The van der Waals surface area contributed by atoms with Gasteiger partial charge in [-0.2, -0.15) is 5.10 Å². The molecule has 1 aromatic heterocycles. The van der Waals surface area contributed by atoms with Crippen molar-refractivity contribution in [1.29, 1.82) is 0 Å². The Morgan fingerprint density at radius 1 is 1.57 bits per heavy atom. The summed E-state index contributed by atoms with van der Waals surface area (Å²) in [6, 6.07) is 2.35. The van der Waals surface area contributed by atoms with E-state index in [4.69, 9.17) is 5.11 Å². The number of aryl methyl sites for hydroxylation is 1. The second kappa shape index (κ2) is 2.80. The molecule has 1 aromatic carbocycles. The Labute approximate surface area is 78.6 Å². The maximum Gasteiger partial charge on any atom is 0.336 e. The smallest absolute Gasteiger partial charge is 0.336 e. The minimum Gasteiger partial charge on any atom is -0.478 e. The maximum absolute atomic E-state index is 13.2. The van der Waals surface area contributed by atoms with Crippen molar-refractivity contribution in [3.8, 4) is 0 Å². The summed E-state index contributed by atoms with van der Waals surface area (Å²) in [4.78, 5) is 10.8. The Kier molecular flexibility index (Phi) is 1.73. The summed E-state index contributed by atoms with van der Waals surface area (Å²) in [5.41, 5.74) is 0.155. The molecule has 2 aromatic rings. The lowest BCUT2D eigenvalue weighted by Gasteiger charge is -1.95. The van der Waals surface area contributed by atoms with Gasteiger partial charge in [0.2, 0.25) is 0 Å². The molecule has 72 valence electrons. The van der Waals surface area contributed by atoms with E-state index in [0.29, 0.717) is 5.39 Å². The van der Waals surface area contributed by atoms with Gasteiger partial charge in [0, 0.05) is 18.6 Å². The van der Waals surface area contributed by atoms with Gasteiger partial charge in [-0.3, -0.25) is 4.68 Å². The van der Waals surface area contributed by atoms with Crippen LogP contribution in [0.15, 0.2) is 18.3 Å². The molecule has 0 amide bonds. The zero-order valence-electron chi connectivity index (χ0n) is 7.36. The van der Waals surface area contributed by atoms with Crippen molar-refractivity contribution < 1.29 is 14.3 Å². The lowest BCUT2D eigenvalue weighted by atomic mass is 10.1. The summed E-state index contributed by atoms with van der Waals surface area (Å²) >= 11 is 0. The Morgan fingerprint density at radius 3 is 2.93 bits per heavy atom. The number of halogens is 1. The molecule has 0 bridgehead atoms. The van der Waals surface area contributed by atoms with Crippen LogP contribution in [0.25, 0.3) is 10.9 Å². The van der Waals surface area contributed by atoms with Gasteiger partial charge < -0.3 is 5.11 Å². The zero-order valence-corrected chi connectivity index (χ0v) is 7.36. The topological polar surface area (TPSA) is 55.1 Å². The van der Waals surface area contributed by atoms with E-state index in [-0.39, 0.29) is 11.1 Å². The molecule has 0 atom stereocenters. The molecule has 0 saturated carbocycles. The fourth-order valence-electron chi connectivity index (χ4n) is 1.37. The van der Waals surface area contributed by atoms with Crippen LogP contribution in [0.5, 0.6) is 0 Å². The summed E-state index contributed by atoms with van der Waals surface area (Å²) in [5.74, 6) is -1.59. The second-order valence-electron chi connectivity index (χ2n) is 2.97. The fraction of sp³-hybridized carbons (Fsp3) is 0.111. The number of fused-ring (bicyclic) bond motifs is 1. The van der Waals surface area contributed by atoms with Crippen LogP contribution in [0, 0.1) is 5.82 Å². The molecule has 14 heavy (non-hydrogen) atoms. The number of carboxylic acids is 1. The predicted octanol–water partition coefficient (Wildman–Crippen LogP) is 1.41. The van der Waals surface area contributed by atoms with Gasteiger partial charge in [-0.1, -0.05) is 0 Å². The van der Waals surface area contributed by atoms with E-state index in [9.17, 15) is 9.18 Å². The van der Waals surface area contributed by atoms with Crippen molar-refractivity contribution in [1.82, 2.24) is 9.78 Å². The van der Waals surface area contributed by atoms with E-state index in [0.717, 1.165) is 6.07 Å². The first-order valence-corrected chi connectivity index (χ1v) is 3.95. The largest absolute Gasteiger partial charge is 0.478 e. The third-order valence-electron chi connectivity index (χ3n) is 1.97. The summed E-state index contributed by atoms with van der Waals surface area (Å²) in [6.45, 7) is 0. The first kappa shape index (κ1) is 8.68. The number of carboxylic acid groups (broad SMARTS) is 1. The standard InChI is InChI=1S/C9H7FN2O2/c1-12-4-6-5(9(13)14)2-3-7(10)8(6)11-12/h2-4H,1H3,(H,13,14). The maximum atomic E-state index is 13.2. The van der Waals surface area contributed by atoms with Gasteiger partial charge in [0.05, 0.1) is 5.56 Å². The lowest BCUT2D eigenvalue weighted by Crippen LogP contribution is -1.97. The normalized spacial score (nSPS) is 10.7. The first-order valence-electron chi connectivity index (χ1n) is 3.95. The predicted molar refractivity (Wildman–Crippen MR) is 47.6 cm³/mol. The number of nitrogens with zero attached hydrogens (tertiary/aromatic N) is 2. The lowest BCUT2D eigenvalue weighted by molar-refractivity contribution is 0.0699. The molecule has 0 saturated heterocycles. The van der Waals surface area contributed by atoms with Gasteiger partial charge in [-0.05, 0) is 12.1 Å². The van der Waals surface area contributed by atoms with Crippen molar-refractivity contribution in [3.63, 3.8) is 0 Å². The molecule has 2 rings (SSSR count). The molecule has 0 fully saturated rings. The highest BCUT2D eigenvalue weighted by Gasteiger charge is 2.13. The van der Waals surface area contributed by atoms with Crippen molar-refractivity contribution in [2.24, 2.45) is 7.05 Å². The van der Waals surface area contributed by atoms with E-state index in [1.807, 2.05) is 0 Å². The Hall–Kier alpha value is -1.91. The Balaban J connectivity index is 2.87. The van der Waals surface area contributed by atoms with Crippen LogP contribution >= 0.6 is 0 Å². The number of rotatable bonds is 1. The van der Waals surface area contributed by atoms with Gasteiger partial charge in [0.1, 0.15) is 5.52 Å². The van der Waals surface area contributed by atoms with Crippen LogP contribution < -0.4 is 0 Å². The second-order valence-corrected chi connectivity index (χ2v) is 2.97. The number of carbonyl (C=O) groups is 1. The molecule has 0 aliphatic heterocycles. The van der Waals surface area contributed by atoms with E-state index in [2.05, 4.69) is 5.10 Å². The van der Waals surface area contributed by atoms with E-state index in [1.54, 1.807) is 7.05 Å². The van der Waals surface area contributed by atoms with Gasteiger partial charge in [-0.25, -0.2) is 9.18 Å². The molecule has 0 unspecified atom stereocenters. The average Bonchev–Trinajstić information content (AvgIpc) is 2.47. The summed E-state index contributed by atoms with van der Waals surface area (Å²) in [5, 5.41) is 13.0. The molecule has 1 heterocycles. The number of aromatic carboxylic acids is 1. The summed E-state index contributed by atoms with van der Waals surface area (Å²) in [6.07, 6.45) is 1.49. The third-order valence-corrected chi connectivity index (χ3v) is 1.97. The van der Waals surface area contributed by atoms with Gasteiger partial charge in [0.15, 0.2) is 5.82 Å². The molecule has 5 heteroatoms. The van der Waals surface area contributed by atoms with Crippen molar-refractivity contribution >= 4 is 16.9 Å². The van der Waals surface area contributed by atoms with Crippen LogP contribution in [0.4, 0.5) is 4.39 Å². The Morgan fingerprint density at radius 2 is 2.29 bits per heavy atom. The zero-order chi connectivity index (χ0) is 10.3. The van der Waals surface area contributed by atoms with Crippen LogP contribution in [0.1, 0.15) is 10.4 Å². The first-order chi connectivity index (χ1) is 6.59. The van der Waals surface area contributed by atoms with Gasteiger partial charge in [0.25, 0.3) is 0 Å². The average molecular weight is 194 g/mol. The van der Waals surface area contributed by atoms with Crippen LogP contribution in [0.2, 0.25) is 0 Å². The van der Waals surface area contributed by atoms with Gasteiger partial charge in [-0.15, -0.1) is 0 Å². The molecule has 0 aliphatic rings. The highest BCUT2D eigenvalue weighted by molar-refractivity contribution is 6.02. The summed E-state index contributed by atoms with van der Waals surface area (Å²) in [7, 11) is 1.62. The number of benzene rings is 1. The van der Waals surface area contributed by atoms with Crippen molar-refractivity contribution in [2.45, 2.75) is 0 Å². The molecule has 0 aliphatic carbocycles. The molecule has 4 nitrogen and oxygen atoms in total. The number of hydrogen-bond donors (Lipinski definition) is 1. The minimum absolute atomic E-state index is 0.0644. The number of hydrogen-bond acceptors (Lipinski definition) is 2.